The highest BCUT2D eigenvalue weighted by Crippen LogP contribution is 2.33. The number of aryl methyl sites for hydroxylation is 2. The van der Waals surface area contributed by atoms with Crippen LogP contribution in [0.4, 0.5) is 8.78 Å². The zero-order chi connectivity index (χ0) is 18.4. The topological polar surface area (TPSA) is 54.3 Å². The van der Waals surface area contributed by atoms with Crippen molar-refractivity contribution in [2.75, 3.05) is 26.2 Å². The van der Waals surface area contributed by atoms with Crippen molar-refractivity contribution in [1.82, 2.24) is 24.6 Å². The van der Waals surface area contributed by atoms with Gasteiger partial charge in [0.25, 0.3) is 12.3 Å². The second-order valence-electron chi connectivity index (χ2n) is 7.18. The fraction of sp³-hybridized carbons (Fsp3) is 0.588. The number of likely N-dealkylation sites (tertiary alicyclic amines) is 2. The normalized spacial score (nSPS) is 23.2. The molecule has 4 rings (SSSR count). The van der Waals surface area contributed by atoms with Crippen LogP contribution >= 0.6 is 11.3 Å². The van der Waals surface area contributed by atoms with Gasteiger partial charge in [-0.2, -0.15) is 5.10 Å². The lowest BCUT2D eigenvalue weighted by atomic mass is 10.0. The summed E-state index contributed by atoms with van der Waals surface area (Å²) in [7, 11) is 1.56. The van der Waals surface area contributed by atoms with Crippen LogP contribution in [0.2, 0.25) is 0 Å². The molecule has 0 unspecified atom stereocenters. The maximum Gasteiger partial charge on any atom is 0.282 e. The van der Waals surface area contributed by atoms with Gasteiger partial charge in [0.15, 0.2) is 0 Å². The molecule has 0 bridgehead atoms. The van der Waals surface area contributed by atoms with Crippen molar-refractivity contribution in [3.05, 3.63) is 33.5 Å². The summed E-state index contributed by atoms with van der Waals surface area (Å²) in [5.74, 6) is 0.459. The number of fused-ring (bicyclic) bond motifs is 1. The van der Waals surface area contributed by atoms with Crippen molar-refractivity contribution >= 4 is 17.2 Å². The van der Waals surface area contributed by atoms with E-state index in [1.807, 2.05) is 6.92 Å². The summed E-state index contributed by atoms with van der Waals surface area (Å²) in [5.41, 5.74) is 0.699. The van der Waals surface area contributed by atoms with E-state index in [0.717, 1.165) is 30.3 Å². The third-order valence-electron chi connectivity index (χ3n) is 5.20. The van der Waals surface area contributed by atoms with Crippen molar-refractivity contribution in [2.45, 2.75) is 19.9 Å². The molecule has 4 heterocycles. The summed E-state index contributed by atoms with van der Waals surface area (Å²) in [6.45, 7) is 5.91. The van der Waals surface area contributed by atoms with Gasteiger partial charge >= 0.3 is 0 Å². The quantitative estimate of drug-likeness (QED) is 0.816. The molecule has 0 saturated carbocycles. The van der Waals surface area contributed by atoms with E-state index in [9.17, 15) is 13.6 Å². The van der Waals surface area contributed by atoms with Crippen LogP contribution in [0.1, 0.15) is 33.2 Å². The first-order valence-electron chi connectivity index (χ1n) is 8.65. The predicted molar refractivity (Wildman–Crippen MR) is 93.2 cm³/mol. The molecule has 2 saturated heterocycles. The van der Waals surface area contributed by atoms with Crippen LogP contribution in [-0.4, -0.2) is 56.7 Å². The number of hydrogen-bond acceptors (Lipinski definition) is 5. The van der Waals surface area contributed by atoms with Gasteiger partial charge in [-0.05, 0) is 18.8 Å². The van der Waals surface area contributed by atoms with E-state index in [1.54, 1.807) is 23.3 Å². The summed E-state index contributed by atoms with van der Waals surface area (Å²) >= 11 is 1.66. The molecule has 0 aliphatic carbocycles. The molecule has 1 amide bonds. The Kier molecular flexibility index (Phi) is 4.52. The molecule has 2 aliphatic heterocycles. The van der Waals surface area contributed by atoms with E-state index in [4.69, 9.17) is 0 Å². The fourth-order valence-corrected chi connectivity index (χ4v) is 4.70. The Morgan fingerprint density at radius 1 is 1.31 bits per heavy atom. The first-order valence-corrected chi connectivity index (χ1v) is 9.53. The Labute approximate surface area is 154 Å². The number of rotatable bonds is 4. The molecule has 9 heteroatoms. The van der Waals surface area contributed by atoms with Crippen LogP contribution in [0.15, 0.2) is 11.6 Å². The summed E-state index contributed by atoms with van der Waals surface area (Å²) in [5, 5.41) is 6.90. The number of alkyl halides is 2. The average Bonchev–Trinajstić information content (AvgIpc) is 3.30. The largest absolute Gasteiger partial charge is 0.338 e. The van der Waals surface area contributed by atoms with E-state index in [1.165, 1.54) is 10.9 Å². The molecule has 0 N–H and O–H groups in total. The Balaban J connectivity index is 1.39. The number of carbonyl (C=O) groups excluding carboxylic acids is 1. The van der Waals surface area contributed by atoms with Crippen molar-refractivity contribution < 1.29 is 13.6 Å². The summed E-state index contributed by atoms with van der Waals surface area (Å²) in [4.78, 5) is 21.3. The standard InChI is InChI=1S/C17H21F2N5OS/c1-10-20-13(9-26-10)7-23-3-11-5-24(6-12(11)4-23)17(25)14-8-22(2)21-15(14)16(18)19/h8-9,11-12,16H,3-7H2,1-2H3/t11-,12-/m0/s1. The van der Waals surface area contributed by atoms with E-state index < -0.39 is 12.1 Å². The Morgan fingerprint density at radius 3 is 2.58 bits per heavy atom. The molecular formula is C17H21F2N5OS. The van der Waals surface area contributed by atoms with Gasteiger partial charge in [0.05, 0.1) is 16.3 Å². The van der Waals surface area contributed by atoms with Gasteiger partial charge in [0.1, 0.15) is 5.69 Å². The lowest BCUT2D eigenvalue weighted by Crippen LogP contribution is -2.33. The number of aromatic nitrogens is 3. The number of halogens is 2. The molecule has 0 aromatic carbocycles. The van der Waals surface area contributed by atoms with Crippen LogP contribution in [0.25, 0.3) is 0 Å². The summed E-state index contributed by atoms with van der Waals surface area (Å²) in [6, 6.07) is 0. The van der Waals surface area contributed by atoms with Gasteiger partial charge in [-0.15, -0.1) is 11.3 Å². The van der Waals surface area contributed by atoms with Gasteiger partial charge in [0.2, 0.25) is 0 Å². The molecule has 6 nitrogen and oxygen atoms in total. The second-order valence-corrected chi connectivity index (χ2v) is 8.25. The third kappa shape index (κ3) is 3.25. The third-order valence-corrected chi connectivity index (χ3v) is 6.02. The highest BCUT2D eigenvalue weighted by atomic mass is 32.1. The molecule has 2 aliphatic rings. The molecule has 0 radical (unpaired) electrons. The lowest BCUT2D eigenvalue weighted by Gasteiger charge is -2.21. The van der Waals surface area contributed by atoms with Gasteiger partial charge in [-0.1, -0.05) is 0 Å². The van der Waals surface area contributed by atoms with E-state index in [0.29, 0.717) is 24.9 Å². The number of thiazole rings is 1. The Hall–Kier alpha value is -1.87. The van der Waals surface area contributed by atoms with Crippen molar-refractivity contribution in [3.8, 4) is 0 Å². The fourth-order valence-electron chi connectivity index (χ4n) is 4.10. The minimum Gasteiger partial charge on any atom is -0.338 e. The highest BCUT2D eigenvalue weighted by molar-refractivity contribution is 7.09. The molecule has 2 aromatic heterocycles. The number of amides is 1. The average molecular weight is 381 g/mol. The minimum absolute atomic E-state index is 0.0253. The maximum atomic E-state index is 13.1. The van der Waals surface area contributed by atoms with Gasteiger partial charge in [0, 0.05) is 51.3 Å². The highest BCUT2D eigenvalue weighted by Gasteiger charge is 2.42. The lowest BCUT2D eigenvalue weighted by molar-refractivity contribution is 0.0760. The Bertz CT molecular complexity index is 806. The predicted octanol–water partition coefficient (Wildman–Crippen LogP) is 2.33. The molecule has 2 atom stereocenters. The van der Waals surface area contributed by atoms with Crippen molar-refractivity contribution in [1.29, 1.82) is 0 Å². The smallest absolute Gasteiger partial charge is 0.282 e. The van der Waals surface area contributed by atoms with Crippen LogP contribution in [-0.2, 0) is 13.6 Å². The first-order chi connectivity index (χ1) is 12.4. The van der Waals surface area contributed by atoms with Crippen LogP contribution in [0, 0.1) is 18.8 Å². The minimum atomic E-state index is -2.74. The molecule has 2 aromatic rings. The summed E-state index contributed by atoms with van der Waals surface area (Å²) < 4.78 is 27.5. The van der Waals surface area contributed by atoms with Gasteiger partial charge < -0.3 is 4.90 Å². The molecule has 2 fully saturated rings. The zero-order valence-electron chi connectivity index (χ0n) is 14.7. The monoisotopic (exact) mass is 381 g/mol. The summed E-state index contributed by atoms with van der Waals surface area (Å²) in [6.07, 6.45) is -1.34. The Morgan fingerprint density at radius 2 is 2.00 bits per heavy atom. The number of carbonyl (C=O) groups is 1. The van der Waals surface area contributed by atoms with E-state index in [-0.39, 0.29) is 11.5 Å². The van der Waals surface area contributed by atoms with Gasteiger partial charge in [-0.3, -0.25) is 14.4 Å². The van der Waals surface area contributed by atoms with E-state index >= 15 is 0 Å². The van der Waals surface area contributed by atoms with Crippen molar-refractivity contribution in [2.24, 2.45) is 18.9 Å². The maximum absolute atomic E-state index is 13.1. The van der Waals surface area contributed by atoms with Crippen LogP contribution < -0.4 is 0 Å². The zero-order valence-corrected chi connectivity index (χ0v) is 15.5. The molecule has 0 spiro atoms. The number of hydrogen-bond donors (Lipinski definition) is 0. The first kappa shape index (κ1) is 17.5. The molecule has 140 valence electrons. The number of nitrogens with zero attached hydrogens (tertiary/aromatic N) is 5. The van der Waals surface area contributed by atoms with Crippen LogP contribution in [0.5, 0.6) is 0 Å². The van der Waals surface area contributed by atoms with Gasteiger partial charge in [-0.25, -0.2) is 13.8 Å². The van der Waals surface area contributed by atoms with Crippen molar-refractivity contribution in [3.63, 3.8) is 0 Å². The van der Waals surface area contributed by atoms with E-state index in [2.05, 4.69) is 20.4 Å². The second kappa shape index (κ2) is 6.70. The molecular weight excluding hydrogens is 360 g/mol. The molecule has 26 heavy (non-hydrogen) atoms. The SMILES string of the molecule is Cc1nc(CN2C[C@H]3CN(C(=O)c4cn(C)nc4C(F)F)C[C@@H]3C2)cs1. The van der Waals surface area contributed by atoms with Crippen LogP contribution in [0.3, 0.4) is 0 Å².